The quantitative estimate of drug-likeness (QED) is 0.589. The van der Waals surface area contributed by atoms with E-state index in [1.807, 2.05) is 58.9 Å². The van der Waals surface area contributed by atoms with Gasteiger partial charge in [-0.3, -0.25) is 0 Å². The lowest BCUT2D eigenvalue weighted by atomic mass is 10.2. The second kappa shape index (κ2) is 20.1. The van der Waals surface area contributed by atoms with E-state index in [9.17, 15) is 0 Å². The highest BCUT2D eigenvalue weighted by molar-refractivity contribution is 5.29. The summed E-state index contributed by atoms with van der Waals surface area (Å²) >= 11 is 0. The lowest BCUT2D eigenvalue weighted by molar-refractivity contribution is 0.471. The van der Waals surface area contributed by atoms with E-state index in [1.54, 1.807) is 30.3 Å². The van der Waals surface area contributed by atoms with Crippen molar-refractivity contribution in [2.24, 2.45) is 0 Å². The maximum Gasteiger partial charge on any atom is 0.118 e. The van der Waals surface area contributed by atoms with E-state index in [0.29, 0.717) is 11.5 Å². The number of aryl methyl sites for hydroxylation is 1. The average molecular weight is 290 g/mol. The van der Waals surface area contributed by atoms with Crippen LogP contribution in [0, 0.1) is 6.92 Å². The third-order valence-corrected chi connectivity index (χ3v) is 1.87. The van der Waals surface area contributed by atoms with Gasteiger partial charge in [-0.25, -0.2) is 0 Å². The topological polar surface area (TPSA) is 40.5 Å². The zero-order valence-corrected chi connectivity index (χ0v) is 14.0. The summed E-state index contributed by atoms with van der Waals surface area (Å²) in [5, 5.41) is 17.6. The molecule has 0 aliphatic carbocycles. The number of para-hydroxylation sites is 2. The Labute approximate surface area is 130 Å². The Morgan fingerprint density at radius 3 is 1.29 bits per heavy atom. The maximum absolute atomic E-state index is 8.92. The smallest absolute Gasteiger partial charge is 0.118 e. The molecule has 0 atom stereocenters. The van der Waals surface area contributed by atoms with Gasteiger partial charge in [0.1, 0.15) is 11.5 Å². The Balaban J connectivity index is -0.000000229. The van der Waals surface area contributed by atoms with Crippen molar-refractivity contribution in [2.45, 2.75) is 34.6 Å². The zero-order valence-electron chi connectivity index (χ0n) is 14.0. The fraction of sp³-hybridized carbons (Fsp3) is 0.263. The van der Waals surface area contributed by atoms with Crippen molar-refractivity contribution in [1.29, 1.82) is 0 Å². The number of aromatic hydroxyl groups is 2. The van der Waals surface area contributed by atoms with Crippen molar-refractivity contribution in [1.82, 2.24) is 0 Å². The van der Waals surface area contributed by atoms with Gasteiger partial charge in [-0.1, -0.05) is 64.1 Å². The lowest BCUT2D eigenvalue weighted by Gasteiger charge is -1.92. The van der Waals surface area contributed by atoms with Crippen LogP contribution in [0.1, 0.15) is 33.3 Å². The number of rotatable bonds is 0. The fourth-order valence-corrected chi connectivity index (χ4v) is 0.991. The number of hydrogen-bond acceptors (Lipinski definition) is 2. The van der Waals surface area contributed by atoms with Crippen LogP contribution < -0.4 is 0 Å². The average Bonchev–Trinajstić information content (AvgIpc) is 2.57. The molecule has 0 amide bonds. The van der Waals surface area contributed by atoms with E-state index in [0.717, 1.165) is 5.56 Å². The monoisotopic (exact) mass is 290 g/mol. The summed E-state index contributed by atoms with van der Waals surface area (Å²) in [5.74, 6) is 0.690. The van der Waals surface area contributed by atoms with Crippen molar-refractivity contribution < 1.29 is 10.2 Å². The number of hydrogen-bond donors (Lipinski definition) is 2. The van der Waals surface area contributed by atoms with E-state index >= 15 is 0 Å². The van der Waals surface area contributed by atoms with Gasteiger partial charge >= 0.3 is 0 Å². The lowest BCUT2D eigenvalue weighted by Crippen LogP contribution is -1.68. The summed E-state index contributed by atoms with van der Waals surface area (Å²) < 4.78 is 0. The van der Waals surface area contributed by atoms with Gasteiger partial charge in [0.25, 0.3) is 0 Å². The molecular formula is C19H30O2. The van der Waals surface area contributed by atoms with Crippen molar-refractivity contribution in [3.05, 3.63) is 73.3 Å². The summed E-state index contributed by atoms with van der Waals surface area (Å²) in [4.78, 5) is 0. The molecule has 118 valence electrons. The molecule has 2 N–H and O–H groups in total. The molecule has 2 heteroatoms. The first-order chi connectivity index (χ1) is 10.2. The van der Waals surface area contributed by atoms with Crippen LogP contribution >= 0.6 is 0 Å². The van der Waals surface area contributed by atoms with Gasteiger partial charge in [0.05, 0.1) is 0 Å². The van der Waals surface area contributed by atoms with Gasteiger partial charge in [0, 0.05) is 0 Å². The predicted molar refractivity (Wildman–Crippen MR) is 94.9 cm³/mol. The second-order valence-corrected chi connectivity index (χ2v) is 3.12. The van der Waals surface area contributed by atoms with Crippen LogP contribution in [0.2, 0.25) is 0 Å². The summed E-state index contributed by atoms with van der Waals surface area (Å²) in [7, 11) is 0. The molecule has 0 spiro atoms. The third kappa shape index (κ3) is 15.7. The summed E-state index contributed by atoms with van der Waals surface area (Å²) in [6.07, 6.45) is 0. The van der Waals surface area contributed by atoms with Crippen molar-refractivity contribution in [3.8, 4) is 11.5 Å². The van der Waals surface area contributed by atoms with Crippen LogP contribution in [-0.2, 0) is 0 Å². The van der Waals surface area contributed by atoms with Crippen LogP contribution in [0.3, 0.4) is 0 Å². The SMILES string of the molecule is C=C.CC.CC.Cc1ccccc1O.Oc1ccccc1. The minimum absolute atomic E-state index is 0.322. The highest BCUT2D eigenvalue weighted by Crippen LogP contribution is 2.12. The molecule has 0 bridgehead atoms. The summed E-state index contributed by atoms with van der Waals surface area (Å²) in [5.41, 5.74) is 0.924. The molecule has 2 rings (SSSR count). The molecule has 0 aromatic heterocycles. The second-order valence-electron chi connectivity index (χ2n) is 3.12. The third-order valence-electron chi connectivity index (χ3n) is 1.87. The minimum atomic E-state index is 0.322. The molecular weight excluding hydrogens is 260 g/mol. The van der Waals surface area contributed by atoms with Crippen LogP contribution in [0.25, 0.3) is 0 Å². The van der Waals surface area contributed by atoms with Gasteiger partial charge in [0.15, 0.2) is 0 Å². The maximum atomic E-state index is 8.92. The van der Waals surface area contributed by atoms with Crippen LogP contribution in [0.5, 0.6) is 11.5 Å². The van der Waals surface area contributed by atoms with Crippen LogP contribution in [0.4, 0.5) is 0 Å². The zero-order chi connectivity index (χ0) is 17.1. The molecule has 0 radical (unpaired) electrons. The first kappa shape index (κ1) is 23.8. The molecule has 0 aliphatic rings. The molecule has 0 saturated heterocycles. The minimum Gasteiger partial charge on any atom is -0.508 e. The van der Waals surface area contributed by atoms with E-state index in [1.165, 1.54) is 0 Å². The van der Waals surface area contributed by atoms with E-state index in [2.05, 4.69) is 13.2 Å². The van der Waals surface area contributed by atoms with Gasteiger partial charge in [-0.15, -0.1) is 13.2 Å². The normalized spacial score (nSPS) is 7.10. The predicted octanol–water partition coefficient (Wildman–Crippen LogP) is 5.95. The van der Waals surface area contributed by atoms with Crippen molar-refractivity contribution in [2.75, 3.05) is 0 Å². The molecule has 2 aromatic rings. The largest absolute Gasteiger partial charge is 0.508 e. The fourth-order valence-electron chi connectivity index (χ4n) is 0.991. The molecule has 0 fully saturated rings. The highest BCUT2D eigenvalue weighted by Gasteiger charge is 1.87. The Bertz CT molecular complexity index is 390. The van der Waals surface area contributed by atoms with Gasteiger partial charge in [0.2, 0.25) is 0 Å². The summed E-state index contributed by atoms with van der Waals surface area (Å²) in [6.45, 7) is 15.9. The molecule has 0 unspecified atom stereocenters. The van der Waals surface area contributed by atoms with Crippen molar-refractivity contribution in [3.63, 3.8) is 0 Å². The van der Waals surface area contributed by atoms with Crippen LogP contribution in [0.15, 0.2) is 67.8 Å². The highest BCUT2D eigenvalue weighted by atomic mass is 16.3. The summed E-state index contributed by atoms with van der Waals surface area (Å²) in [6, 6.07) is 16.0. The molecule has 0 heterocycles. The van der Waals surface area contributed by atoms with Gasteiger partial charge < -0.3 is 10.2 Å². The van der Waals surface area contributed by atoms with Gasteiger partial charge in [-0.2, -0.15) is 0 Å². The Kier molecular flexibility index (Phi) is 22.8. The standard InChI is InChI=1S/C7H8O.C6H6O.2C2H6.C2H4/c1-6-4-2-3-5-7(6)8;7-6-4-2-1-3-5-6;3*1-2/h2-5,8H,1H3;1-5,7H;2*1-2H3;1-2H2. The van der Waals surface area contributed by atoms with Gasteiger partial charge in [-0.05, 0) is 30.7 Å². The molecule has 0 saturated carbocycles. The van der Waals surface area contributed by atoms with Crippen LogP contribution in [-0.4, -0.2) is 10.2 Å². The molecule has 2 nitrogen and oxygen atoms in total. The molecule has 2 aromatic carbocycles. The first-order valence-electron chi connectivity index (χ1n) is 7.19. The Morgan fingerprint density at radius 1 is 0.667 bits per heavy atom. The molecule has 0 aliphatic heterocycles. The molecule has 21 heavy (non-hydrogen) atoms. The number of phenolic OH excluding ortho intramolecular Hbond substituents is 2. The van der Waals surface area contributed by atoms with E-state index < -0.39 is 0 Å². The first-order valence-corrected chi connectivity index (χ1v) is 7.19. The van der Waals surface area contributed by atoms with E-state index in [4.69, 9.17) is 10.2 Å². The Hall–Kier alpha value is -2.22. The number of phenols is 2. The van der Waals surface area contributed by atoms with E-state index in [-0.39, 0.29) is 0 Å². The van der Waals surface area contributed by atoms with Crippen molar-refractivity contribution >= 4 is 0 Å². The number of benzene rings is 2. The Morgan fingerprint density at radius 2 is 1.05 bits per heavy atom.